The second-order valence-electron chi connectivity index (χ2n) is 4.20. The van der Waals surface area contributed by atoms with Gasteiger partial charge in [0, 0.05) is 6.92 Å². The molecule has 6 heteroatoms. The fourth-order valence-electron chi connectivity index (χ4n) is 1.14. The van der Waals surface area contributed by atoms with Crippen LogP contribution >= 0.6 is 0 Å². The van der Waals surface area contributed by atoms with Gasteiger partial charge in [0.25, 0.3) is 10.1 Å². The molecule has 1 unspecified atom stereocenters. The van der Waals surface area contributed by atoms with Crippen molar-refractivity contribution < 1.29 is 22.1 Å². The molecule has 16 heavy (non-hydrogen) atoms. The van der Waals surface area contributed by atoms with Gasteiger partial charge < -0.3 is 4.74 Å². The second kappa shape index (κ2) is 6.85. The Morgan fingerprint density at radius 2 is 1.81 bits per heavy atom. The molecule has 5 nitrogen and oxygen atoms in total. The van der Waals surface area contributed by atoms with Gasteiger partial charge in [-0.3, -0.25) is 8.98 Å². The predicted octanol–water partition coefficient (Wildman–Crippen LogP) is 1.33. The number of carbonyl (C=O) groups excluding carboxylic acids is 1. The van der Waals surface area contributed by atoms with Gasteiger partial charge in [0.15, 0.2) is 0 Å². The number of hydrogen-bond donors (Lipinski definition) is 0. The van der Waals surface area contributed by atoms with Crippen molar-refractivity contribution in [3.05, 3.63) is 0 Å². The first kappa shape index (κ1) is 15.4. The molecule has 0 aliphatic carbocycles. The lowest BCUT2D eigenvalue weighted by Gasteiger charge is -2.16. The maximum absolute atomic E-state index is 11.0. The zero-order valence-electron chi connectivity index (χ0n) is 10.2. The van der Waals surface area contributed by atoms with Crippen molar-refractivity contribution in [1.82, 2.24) is 0 Å². The molecule has 0 saturated carbocycles. The molecular formula is C10H20O5S. The van der Waals surface area contributed by atoms with Crippen LogP contribution in [0.1, 0.15) is 33.6 Å². The topological polar surface area (TPSA) is 69.7 Å². The Balaban J connectivity index is 4.21. The van der Waals surface area contributed by atoms with E-state index in [1.807, 2.05) is 13.8 Å². The van der Waals surface area contributed by atoms with Crippen LogP contribution in [-0.4, -0.2) is 33.4 Å². The number of rotatable bonds is 7. The number of hydrogen-bond acceptors (Lipinski definition) is 5. The van der Waals surface area contributed by atoms with E-state index >= 15 is 0 Å². The highest BCUT2D eigenvalue weighted by Gasteiger charge is 2.17. The van der Waals surface area contributed by atoms with E-state index in [1.165, 1.54) is 6.92 Å². The van der Waals surface area contributed by atoms with E-state index in [0.29, 0.717) is 12.3 Å². The predicted molar refractivity (Wildman–Crippen MR) is 60.4 cm³/mol. The summed E-state index contributed by atoms with van der Waals surface area (Å²) < 4.78 is 31.5. The molecule has 0 saturated heterocycles. The lowest BCUT2D eigenvalue weighted by Crippen LogP contribution is -2.24. The summed E-state index contributed by atoms with van der Waals surface area (Å²) in [6.07, 6.45) is 1.78. The van der Waals surface area contributed by atoms with E-state index in [9.17, 15) is 13.2 Å². The number of esters is 1. The Morgan fingerprint density at radius 1 is 1.25 bits per heavy atom. The standard InChI is InChI=1S/C10H20O5S/c1-8(2)5-6-10(7-14-9(3)11)15-16(4,12)13/h8,10H,5-7H2,1-4H3. The normalized spacial score (nSPS) is 13.8. The Hall–Kier alpha value is -0.620. The molecule has 0 spiro atoms. The molecule has 0 aromatic carbocycles. The maximum atomic E-state index is 11.0. The van der Waals surface area contributed by atoms with Crippen molar-refractivity contribution in [2.24, 2.45) is 5.92 Å². The summed E-state index contributed by atoms with van der Waals surface area (Å²) in [5, 5.41) is 0. The van der Waals surface area contributed by atoms with Gasteiger partial charge in [-0.2, -0.15) is 8.42 Å². The summed E-state index contributed by atoms with van der Waals surface area (Å²) >= 11 is 0. The highest BCUT2D eigenvalue weighted by atomic mass is 32.2. The Labute approximate surface area is 97.2 Å². The first-order valence-electron chi connectivity index (χ1n) is 5.22. The minimum absolute atomic E-state index is 0.0187. The average Bonchev–Trinajstić information content (AvgIpc) is 2.07. The average molecular weight is 252 g/mol. The quantitative estimate of drug-likeness (QED) is 0.505. The molecule has 0 radical (unpaired) electrons. The third-order valence-electron chi connectivity index (χ3n) is 1.85. The van der Waals surface area contributed by atoms with Crippen molar-refractivity contribution in [3.63, 3.8) is 0 Å². The zero-order valence-corrected chi connectivity index (χ0v) is 11.0. The summed E-state index contributed by atoms with van der Waals surface area (Å²) in [5.74, 6) is 0.00892. The minimum atomic E-state index is -3.51. The zero-order chi connectivity index (χ0) is 12.8. The van der Waals surface area contributed by atoms with Crippen LogP contribution < -0.4 is 0 Å². The van der Waals surface area contributed by atoms with Gasteiger partial charge in [-0.1, -0.05) is 13.8 Å². The van der Waals surface area contributed by atoms with Crippen LogP contribution in [-0.2, 0) is 23.8 Å². The van der Waals surface area contributed by atoms with Gasteiger partial charge >= 0.3 is 5.97 Å². The summed E-state index contributed by atoms with van der Waals surface area (Å²) in [6, 6.07) is 0. The molecule has 0 N–H and O–H groups in total. The molecule has 0 aliphatic heterocycles. The molecule has 0 heterocycles. The molecule has 96 valence electrons. The van der Waals surface area contributed by atoms with Crippen LogP contribution in [0.2, 0.25) is 0 Å². The smallest absolute Gasteiger partial charge is 0.302 e. The van der Waals surface area contributed by atoms with Gasteiger partial charge in [-0.25, -0.2) is 0 Å². The van der Waals surface area contributed by atoms with Crippen LogP contribution in [0, 0.1) is 5.92 Å². The summed E-state index contributed by atoms with van der Waals surface area (Å²) in [5.41, 5.74) is 0. The molecule has 1 atom stereocenters. The summed E-state index contributed by atoms with van der Waals surface area (Å²) in [7, 11) is -3.51. The Kier molecular flexibility index (Phi) is 6.59. The van der Waals surface area contributed by atoms with E-state index in [1.54, 1.807) is 0 Å². The van der Waals surface area contributed by atoms with Crippen molar-refractivity contribution in [2.45, 2.75) is 39.7 Å². The molecular weight excluding hydrogens is 232 g/mol. The van der Waals surface area contributed by atoms with Crippen LogP contribution in [0.15, 0.2) is 0 Å². The monoisotopic (exact) mass is 252 g/mol. The number of ether oxygens (including phenoxy) is 1. The van der Waals surface area contributed by atoms with Crippen LogP contribution in [0.4, 0.5) is 0 Å². The third kappa shape index (κ3) is 9.92. The van der Waals surface area contributed by atoms with E-state index in [0.717, 1.165) is 12.7 Å². The summed E-state index contributed by atoms with van der Waals surface area (Å²) in [4.78, 5) is 10.6. The maximum Gasteiger partial charge on any atom is 0.302 e. The van der Waals surface area contributed by atoms with E-state index in [-0.39, 0.29) is 6.61 Å². The highest BCUT2D eigenvalue weighted by Crippen LogP contribution is 2.12. The first-order chi connectivity index (χ1) is 7.20. The SMILES string of the molecule is CC(=O)OCC(CCC(C)C)OS(C)(=O)=O. The van der Waals surface area contributed by atoms with Gasteiger partial charge in [0.05, 0.1) is 6.26 Å². The highest BCUT2D eigenvalue weighted by molar-refractivity contribution is 7.86. The lowest BCUT2D eigenvalue weighted by molar-refractivity contribution is -0.143. The van der Waals surface area contributed by atoms with Gasteiger partial charge in [0.1, 0.15) is 12.7 Å². The fourth-order valence-corrected chi connectivity index (χ4v) is 1.78. The second-order valence-corrected chi connectivity index (χ2v) is 5.80. The van der Waals surface area contributed by atoms with Crippen molar-refractivity contribution >= 4 is 16.1 Å². The molecule has 0 aliphatic rings. The van der Waals surface area contributed by atoms with Crippen LogP contribution in [0.5, 0.6) is 0 Å². The molecule has 0 aromatic rings. The van der Waals surface area contributed by atoms with E-state index in [4.69, 9.17) is 8.92 Å². The van der Waals surface area contributed by atoms with Gasteiger partial charge in [-0.05, 0) is 18.8 Å². The van der Waals surface area contributed by atoms with Crippen molar-refractivity contribution in [3.8, 4) is 0 Å². The van der Waals surface area contributed by atoms with Crippen LogP contribution in [0.25, 0.3) is 0 Å². The third-order valence-corrected chi connectivity index (χ3v) is 2.47. The minimum Gasteiger partial charge on any atom is -0.463 e. The van der Waals surface area contributed by atoms with Crippen LogP contribution in [0.3, 0.4) is 0 Å². The van der Waals surface area contributed by atoms with E-state index in [2.05, 4.69) is 0 Å². The molecule has 0 bridgehead atoms. The van der Waals surface area contributed by atoms with E-state index < -0.39 is 22.2 Å². The van der Waals surface area contributed by atoms with Gasteiger partial charge in [-0.15, -0.1) is 0 Å². The fraction of sp³-hybridized carbons (Fsp3) is 0.900. The van der Waals surface area contributed by atoms with Crippen molar-refractivity contribution in [1.29, 1.82) is 0 Å². The Bertz CT molecular complexity index is 307. The molecule has 0 rings (SSSR count). The first-order valence-corrected chi connectivity index (χ1v) is 7.04. The molecule has 0 aromatic heterocycles. The summed E-state index contributed by atoms with van der Waals surface area (Å²) in [6.45, 7) is 5.32. The largest absolute Gasteiger partial charge is 0.463 e. The van der Waals surface area contributed by atoms with Crippen molar-refractivity contribution in [2.75, 3.05) is 12.9 Å². The lowest BCUT2D eigenvalue weighted by atomic mass is 10.1. The number of carbonyl (C=O) groups is 1. The Morgan fingerprint density at radius 3 is 2.19 bits per heavy atom. The molecule has 0 fully saturated rings. The van der Waals surface area contributed by atoms with Gasteiger partial charge in [0.2, 0.25) is 0 Å². The molecule has 0 amide bonds.